The highest BCUT2D eigenvalue weighted by molar-refractivity contribution is 5.65. The third kappa shape index (κ3) is 7.38. The summed E-state index contributed by atoms with van der Waals surface area (Å²) in [5, 5.41) is 12.9. The Balaban J connectivity index is 1.82. The van der Waals surface area contributed by atoms with Gasteiger partial charge < -0.3 is 5.32 Å². The average molecular weight is 507 g/mol. The molecule has 3 aromatic carbocycles. The van der Waals surface area contributed by atoms with Gasteiger partial charge in [0.2, 0.25) is 0 Å². The molecule has 0 amide bonds. The van der Waals surface area contributed by atoms with Crippen LogP contribution < -0.4 is 5.32 Å². The third-order valence-corrected chi connectivity index (χ3v) is 7.83. The molecule has 1 N–H and O–H groups in total. The van der Waals surface area contributed by atoms with Crippen molar-refractivity contribution in [1.82, 2.24) is 0 Å². The van der Waals surface area contributed by atoms with Crippen molar-refractivity contribution in [2.24, 2.45) is 0 Å². The van der Waals surface area contributed by atoms with Crippen LogP contribution >= 0.6 is 0 Å². The first-order valence-corrected chi connectivity index (χ1v) is 14.3. The second-order valence-electron chi connectivity index (χ2n) is 11.9. The fraction of sp³-hybridized carbons (Fsp3) is 0.417. The van der Waals surface area contributed by atoms with E-state index in [1.807, 2.05) is 18.2 Å². The molecule has 1 unspecified atom stereocenters. The summed E-state index contributed by atoms with van der Waals surface area (Å²) < 4.78 is 0. The molecule has 1 atom stereocenters. The van der Waals surface area contributed by atoms with Crippen molar-refractivity contribution in [1.29, 1.82) is 5.26 Å². The summed E-state index contributed by atoms with van der Waals surface area (Å²) in [4.78, 5) is 0. The number of nitriles is 1. The van der Waals surface area contributed by atoms with Crippen LogP contribution in [-0.2, 0) is 10.8 Å². The molecule has 0 aliphatic carbocycles. The van der Waals surface area contributed by atoms with Crippen LogP contribution in [0.2, 0.25) is 0 Å². The van der Waals surface area contributed by atoms with Gasteiger partial charge in [0, 0.05) is 11.4 Å². The van der Waals surface area contributed by atoms with E-state index in [2.05, 4.69) is 108 Å². The summed E-state index contributed by atoms with van der Waals surface area (Å²) in [5.41, 5.74) is 9.53. The van der Waals surface area contributed by atoms with Gasteiger partial charge in [0.1, 0.15) is 0 Å². The zero-order chi connectivity index (χ0) is 27.8. The third-order valence-electron chi connectivity index (χ3n) is 7.83. The molecule has 3 aromatic rings. The fourth-order valence-corrected chi connectivity index (χ4v) is 5.75. The van der Waals surface area contributed by atoms with Gasteiger partial charge in [-0.25, -0.2) is 0 Å². The Morgan fingerprint density at radius 1 is 0.868 bits per heavy atom. The first-order chi connectivity index (χ1) is 18.1. The highest BCUT2D eigenvalue weighted by atomic mass is 14.9. The molecule has 38 heavy (non-hydrogen) atoms. The van der Waals surface area contributed by atoms with Crippen LogP contribution in [0.1, 0.15) is 102 Å². The van der Waals surface area contributed by atoms with E-state index in [0.717, 1.165) is 41.8 Å². The lowest BCUT2D eigenvalue weighted by atomic mass is 9.69. The van der Waals surface area contributed by atoms with Crippen molar-refractivity contribution >= 4 is 5.69 Å². The maximum absolute atomic E-state index is 9.30. The van der Waals surface area contributed by atoms with Gasteiger partial charge in [0.15, 0.2) is 0 Å². The first-order valence-electron chi connectivity index (χ1n) is 14.3. The Morgan fingerprint density at radius 2 is 1.61 bits per heavy atom. The Kier molecular flexibility index (Phi) is 9.98. The number of benzene rings is 3. The van der Waals surface area contributed by atoms with Crippen molar-refractivity contribution in [3.8, 4) is 17.2 Å². The monoisotopic (exact) mass is 506 g/mol. The van der Waals surface area contributed by atoms with E-state index in [0.29, 0.717) is 5.56 Å². The SMILES string of the molecule is C=C(CCC(CCC)(CCCC)c1ccc(-c2cccc(C#N)c2)cc1)Nc1ccc(C)c(C(C)(C)C)c1. The summed E-state index contributed by atoms with van der Waals surface area (Å²) in [6, 6.07) is 25.9. The quantitative estimate of drug-likeness (QED) is 0.265. The molecular formula is C36H46N2. The van der Waals surface area contributed by atoms with Gasteiger partial charge in [-0.05, 0) is 95.5 Å². The second-order valence-corrected chi connectivity index (χ2v) is 11.9. The Bertz CT molecular complexity index is 1250. The summed E-state index contributed by atoms with van der Waals surface area (Å²) in [6.07, 6.45) is 7.95. The molecule has 3 rings (SSSR count). The van der Waals surface area contributed by atoms with Gasteiger partial charge in [-0.3, -0.25) is 0 Å². The zero-order valence-corrected chi connectivity index (χ0v) is 24.5. The number of hydrogen-bond donors (Lipinski definition) is 1. The maximum Gasteiger partial charge on any atom is 0.0991 e. The van der Waals surface area contributed by atoms with Gasteiger partial charge in [0.25, 0.3) is 0 Å². The topological polar surface area (TPSA) is 35.8 Å². The molecule has 0 aliphatic rings. The van der Waals surface area contributed by atoms with Crippen molar-refractivity contribution in [3.63, 3.8) is 0 Å². The molecule has 0 aromatic heterocycles. The van der Waals surface area contributed by atoms with E-state index in [9.17, 15) is 5.26 Å². The van der Waals surface area contributed by atoms with Crippen LogP contribution in [0.15, 0.2) is 79.0 Å². The molecule has 0 radical (unpaired) electrons. The predicted octanol–water partition coefficient (Wildman–Crippen LogP) is 10.5. The Morgan fingerprint density at radius 3 is 2.24 bits per heavy atom. The Labute approximate surface area is 231 Å². The standard InChI is InChI=1S/C36H46N2/c1-8-10-22-36(21-9-2,32-17-15-30(16-18-32)31-13-11-12-29(24-31)26-37)23-20-28(4)38-33-19-14-27(3)34(25-33)35(5,6)7/h11-19,24-25,38H,4,8-10,20-23H2,1-3,5-7H3. The molecule has 0 bridgehead atoms. The highest BCUT2D eigenvalue weighted by Gasteiger charge is 2.30. The second kappa shape index (κ2) is 13.0. The van der Waals surface area contributed by atoms with E-state index < -0.39 is 0 Å². The lowest BCUT2D eigenvalue weighted by Gasteiger charge is -2.35. The summed E-state index contributed by atoms with van der Waals surface area (Å²) in [7, 11) is 0. The molecule has 0 saturated heterocycles. The molecular weight excluding hydrogens is 460 g/mol. The van der Waals surface area contributed by atoms with Gasteiger partial charge in [-0.1, -0.05) is 103 Å². The number of nitrogens with zero attached hydrogens (tertiary/aromatic N) is 1. The molecule has 2 nitrogen and oxygen atoms in total. The number of unbranched alkanes of at least 4 members (excludes halogenated alkanes) is 1. The van der Waals surface area contributed by atoms with Crippen molar-refractivity contribution in [3.05, 3.63) is 101 Å². The number of hydrogen-bond acceptors (Lipinski definition) is 2. The minimum Gasteiger partial charge on any atom is -0.359 e. The lowest BCUT2D eigenvalue weighted by Crippen LogP contribution is -2.27. The van der Waals surface area contributed by atoms with Crippen LogP contribution in [0.4, 0.5) is 5.69 Å². The number of rotatable bonds is 12. The molecule has 0 spiro atoms. The minimum absolute atomic E-state index is 0.113. The van der Waals surface area contributed by atoms with Crippen LogP contribution in [-0.4, -0.2) is 0 Å². The van der Waals surface area contributed by atoms with Crippen molar-refractivity contribution in [2.75, 3.05) is 5.32 Å². The number of anilines is 1. The fourth-order valence-electron chi connectivity index (χ4n) is 5.75. The summed E-state index contributed by atoms with van der Waals surface area (Å²) in [6.45, 7) is 18.0. The normalized spacial score (nSPS) is 13.0. The molecule has 0 aliphatic heterocycles. The first kappa shape index (κ1) is 29.2. The van der Waals surface area contributed by atoms with E-state index >= 15 is 0 Å². The summed E-state index contributed by atoms with van der Waals surface area (Å²) in [5.74, 6) is 0. The van der Waals surface area contributed by atoms with E-state index in [1.165, 1.54) is 42.4 Å². The van der Waals surface area contributed by atoms with Crippen LogP contribution in [0, 0.1) is 18.3 Å². The number of allylic oxidation sites excluding steroid dienone is 1. The van der Waals surface area contributed by atoms with Crippen molar-refractivity contribution < 1.29 is 0 Å². The van der Waals surface area contributed by atoms with Crippen LogP contribution in [0.3, 0.4) is 0 Å². The van der Waals surface area contributed by atoms with Gasteiger partial charge >= 0.3 is 0 Å². The van der Waals surface area contributed by atoms with E-state index in [1.54, 1.807) is 0 Å². The molecule has 2 heteroatoms. The van der Waals surface area contributed by atoms with Gasteiger partial charge in [-0.2, -0.15) is 5.26 Å². The van der Waals surface area contributed by atoms with Crippen LogP contribution in [0.5, 0.6) is 0 Å². The van der Waals surface area contributed by atoms with Gasteiger partial charge in [-0.15, -0.1) is 0 Å². The number of aryl methyl sites for hydroxylation is 1. The minimum atomic E-state index is 0.113. The predicted molar refractivity (Wildman–Crippen MR) is 165 cm³/mol. The average Bonchev–Trinajstić information content (AvgIpc) is 2.91. The maximum atomic E-state index is 9.30. The zero-order valence-electron chi connectivity index (χ0n) is 24.5. The lowest BCUT2D eigenvalue weighted by molar-refractivity contribution is 0.324. The molecule has 200 valence electrons. The molecule has 0 fully saturated rings. The largest absolute Gasteiger partial charge is 0.359 e. The summed E-state index contributed by atoms with van der Waals surface area (Å²) >= 11 is 0. The smallest absolute Gasteiger partial charge is 0.0991 e. The van der Waals surface area contributed by atoms with E-state index in [-0.39, 0.29) is 10.8 Å². The van der Waals surface area contributed by atoms with Gasteiger partial charge in [0.05, 0.1) is 11.6 Å². The molecule has 0 heterocycles. The van der Waals surface area contributed by atoms with E-state index in [4.69, 9.17) is 0 Å². The molecule has 0 saturated carbocycles. The Hall–Kier alpha value is -3.31. The van der Waals surface area contributed by atoms with Crippen molar-refractivity contribution in [2.45, 2.75) is 97.3 Å². The highest BCUT2D eigenvalue weighted by Crippen LogP contribution is 2.41. The number of nitrogens with one attached hydrogen (secondary N) is 1. The van der Waals surface area contributed by atoms with Crippen LogP contribution in [0.25, 0.3) is 11.1 Å².